The number of primary amides is 1. The number of rotatable bonds is 3. The van der Waals surface area contributed by atoms with Crippen LogP contribution in [-0.4, -0.2) is 25.8 Å². The van der Waals surface area contributed by atoms with Gasteiger partial charge in [-0.3, -0.25) is 4.79 Å². The molecule has 2 unspecified atom stereocenters. The summed E-state index contributed by atoms with van der Waals surface area (Å²) in [6.07, 6.45) is 0. The minimum absolute atomic E-state index is 0.267. The Kier molecular flexibility index (Phi) is 4.36. The molecule has 0 aliphatic carbocycles. The Bertz CT molecular complexity index is 863. The Morgan fingerprint density at radius 3 is 1.68 bits per heavy atom. The summed E-state index contributed by atoms with van der Waals surface area (Å²) in [5, 5.41) is 10.00. The lowest BCUT2D eigenvalue weighted by molar-refractivity contribution is -0.126. The van der Waals surface area contributed by atoms with Crippen LogP contribution in [0.5, 0.6) is 0 Å². The highest BCUT2D eigenvalue weighted by molar-refractivity contribution is 7.91. The van der Waals surface area contributed by atoms with Crippen LogP contribution < -0.4 is 5.73 Å². The molecular weight excluding hydrogens is 336 g/mol. The fourth-order valence-corrected chi connectivity index (χ4v) is 5.79. The van der Waals surface area contributed by atoms with Crippen molar-refractivity contribution in [3.63, 3.8) is 0 Å². The number of amides is 1. The molecule has 0 saturated carbocycles. The van der Waals surface area contributed by atoms with E-state index in [9.17, 15) is 18.5 Å². The largest absolute Gasteiger partial charge is 0.368 e. The van der Waals surface area contributed by atoms with Gasteiger partial charge in [-0.2, -0.15) is 5.26 Å². The van der Waals surface area contributed by atoms with Crippen molar-refractivity contribution in [1.29, 1.82) is 5.26 Å². The van der Waals surface area contributed by atoms with E-state index in [0.717, 1.165) is 0 Å². The van der Waals surface area contributed by atoms with Gasteiger partial charge in [0.2, 0.25) is 5.91 Å². The maximum atomic E-state index is 12.6. The predicted octanol–water partition coefficient (Wildman–Crippen LogP) is 1.98. The first-order valence-corrected chi connectivity index (χ1v) is 9.74. The summed E-state index contributed by atoms with van der Waals surface area (Å²) in [5.74, 6) is -2.93. The highest BCUT2D eigenvalue weighted by Gasteiger charge is 2.57. The summed E-state index contributed by atoms with van der Waals surface area (Å²) in [5.41, 5.74) is 5.35. The zero-order valence-electron chi connectivity index (χ0n) is 13.5. The number of nitriles is 1. The van der Waals surface area contributed by atoms with Crippen molar-refractivity contribution in [2.75, 3.05) is 11.5 Å². The number of hydrogen-bond donors (Lipinski definition) is 1. The maximum absolute atomic E-state index is 12.6. The molecule has 0 radical (unpaired) electrons. The summed E-state index contributed by atoms with van der Waals surface area (Å²) in [7, 11) is -3.45. The molecule has 2 aromatic rings. The van der Waals surface area contributed by atoms with E-state index < -0.39 is 33.0 Å². The molecule has 25 heavy (non-hydrogen) atoms. The minimum atomic E-state index is -3.45. The first-order valence-electron chi connectivity index (χ1n) is 7.92. The lowest BCUT2D eigenvalue weighted by Gasteiger charge is -2.42. The van der Waals surface area contributed by atoms with Crippen molar-refractivity contribution in [3.05, 3.63) is 71.8 Å². The standard InChI is InChI=1S/C19H18N2O3S/c20-13-19(18(21)22)16(14-7-3-1-4-8-14)11-25(23,24)12-17(19)15-9-5-2-6-10-15/h1-10,16-17H,11-12H2,(H2,21,22). The molecule has 0 spiro atoms. The van der Waals surface area contributed by atoms with Gasteiger partial charge in [-0.05, 0) is 11.1 Å². The van der Waals surface area contributed by atoms with E-state index in [4.69, 9.17) is 5.73 Å². The number of carbonyl (C=O) groups excluding carboxylic acids is 1. The minimum Gasteiger partial charge on any atom is -0.368 e. The second-order valence-corrected chi connectivity index (χ2v) is 8.50. The van der Waals surface area contributed by atoms with Crippen LogP contribution >= 0.6 is 0 Å². The number of benzene rings is 2. The number of nitrogens with zero attached hydrogens (tertiary/aromatic N) is 1. The molecule has 1 fully saturated rings. The first kappa shape index (κ1) is 17.2. The topological polar surface area (TPSA) is 101 Å². The fraction of sp³-hybridized carbons (Fsp3) is 0.263. The van der Waals surface area contributed by atoms with E-state index in [-0.39, 0.29) is 11.5 Å². The molecule has 2 atom stereocenters. The molecule has 1 aliphatic heterocycles. The summed E-state index contributed by atoms with van der Waals surface area (Å²) in [6, 6.07) is 19.7. The number of nitrogens with two attached hydrogens (primary N) is 1. The van der Waals surface area contributed by atoms with Crippen LogP contribution in [0.15, 0.2) is 60.7 Å². The maximum Gasteiger partial charge on any atom is 0.239 e. The van der Waals surface area contributed by atoms with Crippen molar-refractivity contribution >= 4 is 15.7 Å². The first-order chi connectivity index (χ1) is 11.9. The number of sulfone groups is 1. The quantitative estimate of drug-likeness (QED) is 0.910. The molecule has 1 amide bonds. The van der Waals surface area contributed by atoms with Crippen molar-refractivity contribution in [1.82, 2.24) is 0 Å². The van der Waals surface area contributed by atoms with Crippen LogP contribution in [0, 0.1) is 16.7 Å². The van der Waals surface area contributed by atoms with E-state index in [1.807, 2.05) is 0 Å². The van der Waals surface area contributed by atoms with Crippen LogP contribution in [0.1, 0.15) is 23.0 Å². The third kappa shape index (κ3) is 2.92. The van der Waals surface area contributed by atoms with Crippen LogP contribution in [0.4, 0.5) is 0 Å². The molecule has 1 saturated heterocycles. The molecule has 0 bridgehead atoms. The monoisotopic (exact) mass is 354 g/mol. The fourth-order valence-electron chi connectivity index (χ4n) is 3.72. The molecule has 3 rings (SSSR count). The average Bonchev–Trinajstić information content (AvgIpc) is 2.62. The van der Waals surface area contributed by atoms with Gasteiger partial charge < -0.3 is 5.73 Å². The molecule has 5 nitrogen and oxygen atoms in total. The van der Waals surface area contributed by atoms with Gasteiger partial charge in [0.1, 0.15) is 0 Å². The van der Waals surface area contributed by atoms with E-state index in [1.54, 1.807) is 60.7 Å². The molecule has 2 N–H and O–H groups in total. The van der Waals surface area contributed by atoms with Gasteiger partial charge in [0.15, 0.2) is 15.3 Å². The van der Waals surface area contributed by atoms with E-state index in [1.165, 1.54) is 0 Å². The molecule has 1 heterocycles. The molecule has 128 valence electrons. The molecule has 0 aromatic heterocycles. The van der Waals surface area contributed by atoms with Crippen molar-refractivity contribution in [2.24, 2.45) is 11.1 Å². The van der Waals surface area contributed by atoms with Crippen molar-refractivity contribution in [2.45, 2.75) is 11.8 Å². The Balaban J connectivity index is 2.26. The van der Waals surface area contributed by atoms with E-state index >= 15 is 0 Å². The van der Waals surface area contributed by atoms with Gasteiger partial charge >= 0.3 is 0 Å². The second-order valence-electron chi connectivity index (χ2n) is 6.35. The van der Waals surface area contributed by atoms with Crippen LogP contribution in [0.3, 0.4) is 0 Å². The van der Waals surface area contributed by atoms with E-state index in [2.05, 4.69) is 6.07 Å². The van der Waals surface area contributed by atoms with Gasteiger partial charge in [0.05, 0.1) is 17.6 Å². The Morgan fingerprint density at radius 2 is 1.36 bits per heavy atom. The Morgan fingerprint density at radius 1 is 0.960 bits per heavy atom. The molecule has 1 aliphatic rings. The molecular formula is C19H18N2O3S. The van der Waals surface area contributed by atoms with Crippen LogP contribution in [-0.2, 0) is 14.6 Å². The van der Waals surface area contributed by atoms with Gasteiger partial charge in [-0.15, -0.1) is 0 Å². The average molecular weight is 354 g/mol. The zero-order chi connectivity index (χ0) is 18.1. The van der Waals surface area contributed by atoms with E-state index in [0.29, 0.717) is 11.1 Å². The Hall–Kier alpha value is -2.65. The van der Waals surface area contributed by atoms with Gasteiger partial charge in [0.25, 0.3) is 0 Å². The predicted molar refractivity (Wildman–Crippen MR) is 94.3 cm³/mol. The second kappa shape index (κ2) is 6.34. The lowest BCUT2D eigenvalue weighted by atomic mass is 9.63. The van der Waals surface area contributed by atoms with Crippen molar-refractivity contribution < 1.29 is 13.2 Å². The Labute approximate surface area is 147 Å². The third-order valence-electron chi connectivity index (χ3n) is 4.94. The van der Waals surface area contributed by atoms with Crippen molar-refractivity contribution in [3.8, 4) is 6.07 Å². The molecule has 2 aromatic carbocycles. The summed E-state index contributed by atoms with van der Waals surface area (Å²) >= 11 is 0. The van der Waals surface area contributed by atoms with Crippen LogP contribution in [0.2, 0.25) is 0 Å². The normalized spacial score (nSPS) is 28.0. The number of hydrogen-bond acceptors (Lipinski definition) is 4. The number of carbonyl (C=O) groups is 1. The summed E-state index contributed by atoms with van der Waals surface area (Å²) in [4.78, 5) is 12.5. The lowest BCUT2D eigenvalue weighted by Crippen LogP contribution is -2.53. The summed E-state index contributed by atoms with van der Waals surface area (Å²) < 4.78 is 25.2. The molecule has 6 heteroatoms. The highest BCUT2D eigenvalue weighted by atomic mass is 32.2. The summed E-state index contributed by atoms with van der Waals surface area (Å²) in [6.45, 7) is 0. The zero-order valence-corrected chi connectivity index (χ0v) is 14.3. The van der Waals surface area contributed by atoms with Crippen LogP contribution in [0.25, 0.3) is 0 Å². The third-order valence-corrected chi connectivity index (χ3v) is 6.62. The van der Waals surface area contributed by atoms with Gasteiger partial charge in [-0.1, -0.05) is 60.7 Å². The smallest absolute Gasteiger partial charge is 0.239 e. The highest BCUT2D eigenvalue weighted by Crippen LogP contribution is 2.51. The van der Waals surface area contributed by atoms with Gasteiger partial charge in [-0.25, -0.2) is 8.42 Å². The van der Waals surface area contributed by atoms with Gasteiger partial charge in [0, 0.05) is 11.8 Å². The SMILES string of the molecule is N#CC1(C(N)=O)C(c2ccccc2)CS(=O)(=O)CC1c1ccccc1.